The van der Waals surface area contributed by atoms with Gasteiger partial charge in [-0.3, -0.25) is 0 Å². The van der Waals surface area contributed by atoms with Gasteiger partial charge in [0.2, 0.25) is 0 Å². The number of hydrogen-bond acceptors (Lipinski definition) is 1. The minimum Gasteiger partial charge on any atom is -0.192 e. The molecule has 1 aliphatic rings. The molecular formula is C40H27N. The van der Waals surface area contributed by atoms with Crippen molar-refractivity contribution in [3.8, 4) is 39.4 Å². The van der Waals surface area contributed by atoms with Crippen molar-refractivity contribution in [3.05, 3.63) is 144 Å². The molecule has 41 heavy (non-hydrogen) atoms. The van der Waals surface area contributed by atoms with Gasteiger partial charge in [0.25, 0.3) is 0 Å². The van der Waals surface area contributed by atoms with E-state index in [-0.39, 0.29) is 5.41 Å². The van der Waals surface area contributed by atoms with E-state index in [0.29, 0.717) is 5.56 Å². The van der Waals surface area contributed by atoms with Crippen LogP contribution in [0.15, 0.2) is 127 Å². The molecule has 8 rings (SSSR count). The lowest BCUT2D eigenvalue weighted by Gasteiger charge is -2.23. The topological polar surface area (TPSA) is 23.8 Å². The van der Waals surface area contributed by atoms with Crippen LogP contribution in [0.1, 0.15) is 30.5 Å². The maximum atomic E-state index is 9.41. The van der Waals surface area contributed by atoms with Gasteiger partial charge >= 0.3 is 0 Å². The van der Waals surface area contributed by atoms with Crippen molar-refractivity contribution in [1.82, 2.24) is 0 Å². The van der Waals surface area contributed by atoms with Gasteiger partial charge < -0.3 is 0 Å². The van der Waals surface area contributed by atoms with E-state index >= 15 is 0 Å². The van der Waals surface area contributed by atoms with Gasteiger partial charge in [-0.2, -0.15) is 5.26 Å². The number of benzene rings is 7. The van der Waals surface area contributed by atoms with Gasteiger partial charge in [0.05, 0.1) is 11.6 Å². The Morgan fingerprint density at radius 2 is 1.10 bits per heavy atom. The number of fused-ring (bicyclic) bond motifs is 8. The minimum atomic E-state index is -0.150. The van der Waals surface area contributed by atoms with Gasteiger partial charge in [-0.25, -0.2) is 0 Å². The Balaban J connectivity index is 1.32. The molecule has 1 aliphatic carbocycles. The predicted molar refractivity (Wildman–Crippen MR) is 172 cm³/mol. The molecule has 0 unspecified atom stereocenters. The second-order valence-corrected chi connectivity index (χ2v) is 11.7. The highest BCUT2D eigenvalue weighted by atomic mass is 14.4. The monoisotopic (exact) mass is 521 g/mol. The van der Waals surface area contributed by atoms with E-state index in [2.05, 4.69) is 129 Å². The zero-order valence-electron chi connectivity index (χ0n) is 23.1. The Hall–Kier alpha value is -5.19. The highest BCUT2D eigenvalue weighted by Gasteiger charge is 2.36. The summed E-state index contributed by atoms with van der Waals surface area (Å²) < 4.78 is 0. The first-order valence-electron chi connectivity index (χ1n) is 14.2. The summed E-state index contributed by atoms with van der Waals surface area (Å²) in [6.45, 7) is 4.67. The zero-order chi connectivity index (χ0) is 27.7. The molecule has 0 heterocycles. The van der Waals surface area contributed by atoms with Gasteiger partial charge in [0, 0.05) is 5.41 Å². The number of hydrogen-bond donors (Lipinski definition) is 0. The molecule has 7 aromatic rings. The summed E-state index contributed by atoms with van der Waals surface area (Å²) >= 11 is 0. The first-order chi connectivity index (χ1) is 20.0. The van der Waals surface area contributed by atoms with E-state index in [1.807, 2.05) is 18.2 Å². The molecule has 7 aromatic carbocycles. The van der Waals surface area contributed by atoms with Crippen LogP contribution in [0.5, 0.6) is 0 Å². The lowest BCUT2D eigenvalue weighted by molar-refractivity contribution is 0.661. The fraction of sp³-hybridized carbons (Fsp3) is 0.0750. The van der Waals surface area contributed by atoms with E-state index in [4.69, 9.17) is 0 Å². The largest absolute Gasteiger partial charge is 0.192 e. The Morgan fingerprint density at radius 1 is 0.463 bits per heavy atom. The van der Waals surface area contributed by atoms with Crippen LogP contribution in [0, 0.1) is 11.3 Å². The molecule has 0 saturated carbocycles. The summed E-state index contributed by atoms with van der Waals surface area (Å²) in [5.41, 5.74) is 10.6. The van der Waals surface area contributed by atoms with Gasteiger partial charge in [-0.1, -0.05) is 111 Å². The smallest absolute Gasteiger partial charge is 0.0991 e. The quantitative estimate of drug-likeness (QED) is 0.208. The van der Waals surface area contributed by atoms with E-state index in [0.717, 1.165) is 11.1 Å². The molecule has 0 bridgehead atoms. The Kier molecular flexibility index (Phi) is 5.00. The van der Waals surface area contributed by atoms with Crippen LogP contribution in [0.4, 0.5) is 0 Å². The summed E-state index contributed by atoms with van der Waals surface area (Å²) in [7, 11) is 0. The van der Waals surface area contributed by atoms with Crippen molar-refractivity contribution < 1.29 is 0 Å². The Labute approximate surface area is 239 Å². The standard InChI is InChI=1S/C40H27N/c1-40(2)38-21-28(27-10-7-8-25(20-27)24-41)15-18-34(38)35-19-16-29(22-39(35)40)36-23-37-30-11-4-3-9-26(30)14-17-33(37)31-12-5-6-13-32(31)36/h3-23H,1-2H3. The zero-order valence-corrected chi connectivity index (χ0v) is 23.1. The number of nitrogens with zero attached hydrogens (tertiary/aromatic N) is 1. The van der Waals surface area contributed by atoms with Crippen molar-refractivity contribution in [2.24, 2.45) is 0 Å². The average molecular weight is 522 g/mol. The summed E-state index contributed by atoms with van der Waals surface area (Å²) in [4.78, 5) is 0. The molecule has 0 aliphatic heterocycles. The molecule has 0 saturated heterocycles. The van der Waals surface area contributed by atoms with E-state index in [1.54, 1.807) is 0 Å². The molecule has 0 spiro atoms. The maximum absolute atomic E-state index is 9.41. The molecule has 0 aromatic heterocycles. The predicted octanol–water partition coefficient (Wildman–Crippen LogP) is 10.7. The maximum Gasteiger partial charge on any atom is 0.0991 e. The van der Waals surface area contributed by atoms with Crippen LogP contribution in [-0.4, -0.2) is 0 Å². The van der Waals surface area contributed by atoms with Crippen LogP contribution >= 0.6 is 0 Å². The SMILES string of the molecule is CC1(C)c2cc(-c3cccc(C#N)c3)ccc2-c2ccc(-c3cc4c5ccccc5ccc4c4ccccc34)cc21. The highest BCUT2D eigenvalue weighted by Crippen LogP contribution is 2.51. The van der Waals surface area contributed by atoms with Crippen molar-refractivity contribution in [2.45, 2.75) is 19.3 Å². The summed E-state index contributed by atoms with van der Waals surface area (Å²) in [5.74, 6) is 0. The second-order valence-electron chi connectivity index (χ2n) is 11.7. The van der Waals surface area contributed by atoms with Crippen LogP contribution in [0.2, 0.25) is 0 Å². The number of rotatable bonds is 2. The van der Waals surface area contributed by atoms with Crippen molar-refractivity contribution >= 4 is 32.3 Å². The van der Waals surface area contributed by atoms with E-state index < -0.39 is 0 Å². The highest BCUT2D eigenvalue weighted by molar-refractivity contribution is 6.21. The fourth-order valence-corrected chi connectivity index (χ4v) is 6.95. The molecule has 192 valence electrons. The van der Waals surface area contributed by atoms with Crippen LogP contribution < -0.4 is 0 Å². The van der Waals surface area contributed by atoms with Crippen LogP contribution in [0.3, 0.4) is 0 Å². The molecular weight excluding hydrogens is 494 g/mol. The Morgan fingerprint density at radius 3 is 1.88 bits per heavy atom. The number of nitriles is 1. The first kappa shape index (κ1) is 23.7. The van der Waals surface area contributed by atoms with Crippen molar-refractivity contribution in [1.29, 1.82) is 5.26 Å². The van der Waals surface area contributed by atoms with Gasteiger partial charge in [0.1, 0.15) is 0 Å². The van der Waals surface area contributed by atoms with Gasteiger partial charge in [-0.05, 0) is 107 Å². The lowest BCUT2D eigenvalue weighted by Crippen LogP contribution is -2.15. The minimum absolute atomic E-state index is 0.150. The van der Waals surface area contributed by atoms with Crippen molar-refractivity contribution in [2.75, 3.05) is 0 Å². The van der Waals surface area contributed by atoms with Crippen LogP contribution in [-0.2, 0) is 5.41 Å². The summed E-state index contributed by atoms with van der Waals surface area (Å²) in [6, 6.07) is 48.4. The third-order valence-corrected chi connectivity index (χ3v) is 9.08. The Bertz CT molecular complexity index is 2240. The summed E-state index contributed by atoms with van der Waals surface area (Å²) in [6.07, 6.45) is 0. The van der Waals surface area contributed by atoms with E-state index in [1.165, 1.54) is 65.7 Å². The lowest BCUT2D eigenvalue weighted by atomic mass is 9.80. The first-order valence-corrected chi connectivity index (χ1v) is 14.2. The van der Waals surface area contributed by atoms with Gasteiger partial charge in [-0.15, -0.1) is 0 Å². The molecule has 0 N–H and O–H groups in total. The molecule has 0 radical (unpaired) electrons. The molecule has 0 amide bonds. The van der Waals surface area contributed by atoms with E-state index in [9.17, 15) is 5.26 Å². The second kappa shape index (κ2) is 8.65. The summed E-state index contributed by atoms with van der Waals surface area (Å²) in [5, 5.41) is 17.1. The van der Waals surface area contributed by atoms with Crippen LogP contribution in [0.25, 0.3) is 65.7 Å². The fourth-order valence-electron chi connectivity index (χ4n) is 6.95. The molecule has 1 nitrogen and oxygen atoms in total. The molecule has 1 heteroatoms. The average Bonchev–Trinajstić information content (AvgIpc) is 3.25. The molecule has 0 fully saturated rings. The third kappa shape index (κ3) is 3.48. The third-order valence-electron chi connectivity index (χ3n) is 9.08. The molecule has 0 atom stereocenters. The van der Waals surface area contributed by atoms with Gasteiger partial charge in [0.15, 0.2) is 0 Å². The normalized spacial score (nSPS) is 13.3. The van der Waals surface area contributed by atoms with Crippen molar-refractivity contribution in [3.63, 3.8) is 0 Å².